The molecule has 7 nitrogen and oxygen atoms in total. The molecular weight excluding hydrogens is 344 g/mol. The Bertz CT molecular complexity index is 767. The molecule has 0 spiro atoms. The molecule has 1 saturated heterocycles. The van der Waals surface area contributed by atoms with Gasteiger partial charge in [-0.05, 0) is 25.8 Å². The highest BCUT2D eigenvalue weighted by Gasteiger charge is 2.27. The lowest BCUT2D eigenvalue weighted by molar-refractivity contribution is -0.133. The molecule has 2 aromatic rings. The summed E-state index contributed by atoms with van der Waals surface area (Å²) in [6, 6.07) is 11.4. The summed E-state index contributed by atoms with van der Waals surface area (Å²) in [6.45, 7) is 6.32. The Hall–Kier alpha value is -2.67. The SMILES string of the molecule is Cc1cc(NC(=O)[C@H](C)N2CCN(C(=O)CCc3ccccc3)CC2)on1. The van der Waals surface area contributed by atoms with Crippen molar-refractivity contribution in [1.82, 2.24) is 15.0 Å². The normalized spacial score (nSPS) is 16.1. The minimum absolute atomic E-state index is 0.130. The molecule has 0 unspecified atom stereocenters. The van der Waals surface area contributed by atoms with Crippen LogP contribution in [0.4, 0.5) is 5.88 Å². The highest BCUT2D eigenvalue weighted by atomic mass is 16.5. The fourth-order valence-electron chi connectivity index (χ4n) is 3.23. The molecule has 1 aromatic heterocycles. The number of hydrogen-bond acceptors (Lipinski definition) is 5. The van der Waals surface area contributed by atoms with Crippen LogP contribution in [-0.2, 0) is 16.0 Å². The molecule has 1 atom stereocenters. The number of benzene rings is 1. The van der Waals surface area contributed by atoms with Crippen LogP contribution in [0, 0.1) is 6.92 Å². The van der Waals surface area contributed by atoms with Crippen molar-refractivity contribution in [3.8, 4) is 0 Å². The minimum atomic E-state index is -0.294. The maximum Gasteiger partial charge on any atom is 0.243 e. The lowest BCUT2D eigenvalue weighted by Crippen LogP contribution is -2.54. The predicted octanol–water partition coefficient (Wildman–Crippen LogP) is 2.09. The highest BCUT2D eigenvalue weighted by molar-refractivity contribution is 5.93. The number of anilines is 1. The van der Waals surface area contributed by atoms with Crippen LogP contribution < -0.4 is 5.32 Å². The topological polar surface area (TPSA) is 78.7 Å². The summed E-state index contributed by atoms with van der Waals surface area (Å²) in [5, 5.41) is 6.50. The molecule has 1 aliphatic heterocycles. The molecule has 2 heterocycles. The zero-order chi connectivity index (χ0) is 19.2. The summed E-state index contributed by atoms with van der Waals surface area (Å²) >= 11 is 0. The molecule has 1 N–H and O–H groups in total. The van der Waals surface area contributed by atoms with Crippen LogP contribution in [0.25, 0.3) is 0 Å². The van der Waals surface area contributed by atoms with E-state index in [1.165, 1.54) is 5.56 Å². The van der Waals surface area contributed by atoms with Crippen molar-refractivity contribution in [3.63, 3.8) is 0 Å². The minimum Gasteiger partial charge on any atom is -0.340 e. The quantitative estimate of drug-likeness (QED) is 0.842. The van der Waals surface area contributed by atoms with Gasteiger partial charge in [-0.1, -0.05) is 35.5 Å². The molecule has 0 saturated carbocycles. The van der Waals surface area contributed by atoms with Gasteiger partial charge >= 0.3 is 0 Å². The van der Waals surface area contributed by atoms with Crippen LogP contribution in [0.15, 0.2) is 40.9 Å². The van der Waals surface area contributed by atoms with E-state index in [1.807, 2.05) is 42.2 Å². The van der Waals surface area contributed by atoms with E-state index in [9.17, 15) is 9.59 Å². The van der Waals surface area contributed by atoms with Gasteiger partial charge in [0, 0.05) is 38.7 Å². The number of rotatable bonds is 6. The first-order valence-electron chi connectivity index (χ1n) is 9.33. The second kappa shape index (κ2) is 8.81. The van der Waals surface area contributed by atoms with E-state index in [0.717, 1.165) is 12.1 Å². The maximum absolute atomic E-state index is 12.4. The van der Waals surface area contributed by atoms with Gasteiger partial charge in [0.1, 0.15) is 0 Å². The molecule has 1 fully saturated rings. The lowest BCUT2D eigenvalue weighted by Gasteiger charge is -2.37. The van der Waals surface area contributed by atoms with Crippen LogP contribution in [0.3, 0.4) is 0 Å². The molecule has 0 radical (unpaired) electrons. The summed E-state index contributed by atoms with van der Waals surface area (Å²) in [6.07, 6.45) is 1.28. The van der Waals surface area contributed by atoms with Gasteiger partial charge in [0.25, 0.3) is 0 Å². The number of amides is 2. The van der Waals surface area contributed by atoms with Crippen molar-refractivity contribution >= 4 is 17.7 Å². The van der Waals surface area contributed by atoms with E-state index in [0.29, 0.717) is 38.5 Å². The molecule has 1 aliphatic rings. The largest absolute Gasteiger partial charge is 0.340 e. The van der Waals surface area contributed by atoms with Gasteiger partial charge in [0.05, 0.1) is 11.7 Å². The van der Waals surface area contributed by atoms with Crippen molar-refractivity contribution in [3.05, 3.63) is 47.7 Å². The molecule has 0 aliphatic carbocycles. The Labute approximate surface area is 159 Å². The zero-order valence-corrected chi connectivity index (χ0v) is 15.9. The summed E-state index contributed by atoms with van der Waals surface area (Å²) in [7, 11) is 0. The highest BCUT2D eigenvalue weighted by Crippen LogP contribution is 2.13. The monoisotopic (exact) mass is 370 g/mol. The van der Waals surface area contributed by atoms with Gasteiger partial charge in [-0.25, -0.2) is 0 Å². The Morgan fingerprint density at radius 3 is 2.52 bits per heavy atom. The third kappa shape index (κ3) is 5.17. The number of piperazine rings is 1. The number of carbonyl (C=O) groups is 2. The van der Waals surface area contributed by atoms with Gasteiger partial charge in [0.2, 0.25) is 17.7 Å². The number of carbonyl (C=O) groups excluding carboxylic acids is 2. The van der Waals surface area contributed by atoms with Crippen molar-refractivity contribution < 1.29 is 14.1 Å². The van der Waals surface area contributed by atoms with E-state index < -0.39 is 0 Å². The van der Waals surface area contributed by atoms with Crippen molar-refractivity contribution in [2.45, 2.75) is 32.7 Å². The van der Waals surface area contributed by atoms with Gasteiger partial charge < -0.3 is 9.42 Å². The Kier molecular flexibility index (Phi) is 6.24. The van der Waals surface area contributed by atoms with Crippen LogP contribution in [0.2, 0.25) is 0 Å². The van der Waals surface area contributed by atoms with E-state index in [4.69, 9.17) is 4.52 Å². The molecule has 3 rings (SSSR count). The lowest BCUT2D eigenvalue weighted by atomic mass is 10.1. The van der Waals surface area contributed by atoms with Crippen LogP contribution >= 0.6 is 0 Å². The maximum atomic E-state index is 12.4. The van der Waals surface area contributed by atoms with E-state index in [2.05, 4.69) is 15.4 Å². The van der Waals surface area contributed by atoms with Crippen LogP contribution in [0.1, 0.15) is 24.6 Å². The third-order valence-electron chi connectivity index (χ3n) is 4.94. The fourth-order valence-corrected chi connectivity index (χ4v) is 3.23. The number of nitrogens with zero attached hydrogens (tertiary/aromatic N) is 3. The van der Waals surface area contributed by atoms with E-state index in [1.54, 1.807) is 13.0 Å². The van der Waals surface area contributed by atoms with E-state index in [-0.39, 0.29) is 17.9 Å². The van der Waals surface area contributed by atoms with E-state index >= 15 is 0 Å². The second-order valence-electron chi connectivity index (χ2n) is 6.90. The van der Waals surface area contributed by atoms with Crippen molar-refractivity contribution in [2.75, 3.05) is 31.5 Å². The molecule has 27 heavy (non-hydrogen) atoms. The summed E-state index contributed by atoms with van der Waals surface area (Å²) in [4.78, 5) is 28.8. The first-order chi connectivity index (χ1) is 13.0. The Morgan fingerprint density at radius 1 is 1.19 bits per heavy atom. The smallest absolute Gasteiger partial charge is 0.243 e. The first kappa shape index (κ1) is 19.1. The number of aromatic nitrogens is 1. The van der Waals surface area contributed by atoms with Gasteiger partial charge in [-0.2, -0.15) is 0 Å². The van der Waals surface area contributed by atoms with Crippen molar-refractivity contribution in [1.29, 1.82) is 0 Å². The van der Waals surface area contributed by atoms with Gasteiger partial charge in [-0.3, -0.25) is 19.8 Å². The fraction of sp³-hybridized carbons (Fsp3) is 0.450. The van der Waals surface area contributed by atoms with Gasteiger partial charge in [-0.15, -0.1) is 0 Å². The molecular formula is C20H26N4O3. The average Bonchev–Trinajstić information content (AvgIpc) is 3.11. The van der Waals surface area contributed by atoms with Crippen LogP contribution in [0.5, 0.6) is 0 Å². The molecule has 0 bridgehead atoms. The molecule has 2 amide bonds. The number of aryl methyl sites for hydroxylation is 2. The third-order valence-corrected chi connectivity index (χ3v) is 4.94. The molecule has 144 valence electrons. The summed E-state index contributed by atoms with van der Waals surface area (Å²) in [5.74, 6) is 0.404. The Balaban J connectivity index is 1.43. The zero-order valence-electron chi connectivity index (χ0n) is 15.9. The first-order valence-corrected chi connectivity index (χ1v) is 9.33. The van der Waals surface area contributed by atoms with Crippen molar-refractivity contribution in [2.24, 2.45) is 0 Å². The second-order valence-corrected chi connectivity index (χ2v) is 6.90. The standard InChI is InChI=1S/C20H26N4O3/c1-15-14-18(27-22-15)21-20(26)16(2)23-10-12-24(13-11-23)19(25)9-8-17-6-4-3-5-7-17/h3-7,14,16H,8-13H2,1-2H3,(H,21,26)/t16-/m0/s1. The molecule has 1 aromatic carbocycles. The number of hydrogen-bond donors (Lipinski definition) is 1. The molecule has 7 heteroatoms. The summed E-state index contributed by atoms with van der Waals surface area (Å²) < 4.78 is 5.03. The number of nitrogens with one attached hydrogen (secondary N) is 1. The van der Waals surface area contributed by atoms with Gasteiger partial charge in [0.15, 0.2) is 0 Å². The average molecular weight is 370 g/mol. The Morgan fingerprint density at radius 2 is 1.89 bits per heavy atom. The summed E-state index contributed by atoms with van der Waals surface area (Å²) in [5.41, 5.74) is 1.90. The van der Waals surface area contributed by atoms with Crippen LogP contribution in [-0.4, -0.2) is 59.0 Å². The predicted molar refractivity (Wildman–Crippen MR) is 102 cm³/mol.